The summed E-state index contributed by atoms with van der Waals surface area (Å²) < 4.78 is 4.44. The lowest BCUT2D eigenvalue weighted by molar-refractivity contribution is 0.171. The zero-order valence-corrected chi connectivity index (χ0v) is 12.8. The number of phenols is 1. The second-order valence-electron chi connectivity index (χ2n) is 4.36. The number of carbonyl (C=O) groups is 1. The van der Waals surface area contributed by atoms with Crippen LogP contribution < -0.4 is 10.6 Å². The van der Waals surface area contributed by atoms with Crippen molar-refractivity contribution in [1.82, 2.24) is 10.6 Å². The first kappa shape index (κ1) is 18.2. The molecule has 0 heterocycles. The van der Waals surface area contributed by atoms with Gasteiger partial charge in [-0.1, -0.05) is 38.5 Å². The Morgan fingerprint density at radius 2 is 1.90 bits per heavy atom. The third-order valence-electron chi connectivity index (χ3n) is 2.43. The van der Waals surface area contributed by atoms with Gasteiger partial charge in [0.2, 0.25) is 0 Å². The van der Waals surface area contributed by atoms with E-state index in [0.717, 1.165) is 5.56 Å². The summed E-state index contributed by atoms with van der Waals surface area (Å²) in [5.74, 6) is 0.272. The molecule has 1 aromatic rings. The number of hydrogen-bond donors (Lipinski definition) is 3. The first-order valence-corrected chi connectivity index (χ1v) is 6.89. The summed E-state index contributed by atoms with van der Waals surface area (Å²) in [6, 6.07) is 7.20. The van der Waals surface area contributed by atoms with E-state index < -0.39 is 6.09 Å². The van der Waals surface area contributed by atoms with Gasteiger partial charge in [0.25, 0.3) is 0 Å². The highest BCUT2D eigenvalue weighted by molar-refractivity contribution is 5.66. The van der Waals surface area contributed by atoms with Crippen LogP contribution in [0, 0.1) is 0 Å². The molecule has 1 aromatic carbocycles. The van der Waals surface area contributed by atoms with E-state index in [2.05, 4.69) is 29.2 Å². The Labute approximate surface area is 121 Å². The largest absolute Gasteiger partial charge is 0.508 e. The second-order valence-corrected chi connectivity index (χ2v) is 4.36. The van der Waals surface area contributed by atoms with Crippen molar-refractivity contribution in [3.05, 3.63) is 29.8 Å². The average molecular weight is 282 g/mol. The van der Waals surface area contributed by atoms with E-state index in [-0.39, 0.29) is 11.8 Å². The molecule has 1 unspecified atom stereocenters. The summed E-state index contributed by atoms with van der Waals surface area (Å²) >= 11 is 0. The zero-order chi connectivity index (χ0) is 15.4. The lowest BCUT2D eigenvalue weighted by atomic mass is 10.1. The number of rotatable bonds is 5. The highest BCUT2D eigenvalue weighted by atomic mass is 16.5. The summed E-state index contributed by atoms with van der Waals surface area (Å²) in [5.41, 5.74) is 0.838. The Hall–Kier alpha value is -1.75. The minimum absolute atomic E-state index is 0.0237. The Morgan fingerprint density at radius 1 is 1.30 bits per heavy atom. The van der Waals surface area contributed by atoms with Crippen molar-refractivity contribution in [2.75, 3.05) is 20.2 Å². The fourth-order valence-corrected chi connectivity index (χ4v) is 1.49. The van der Waals surface area contributed by atoms with E-state index in [1.54, 1.807) is 12.1 Å². The van der Waals surface area contributed by atoms with Crippen LogP contribution in [0.1, 0.15) is 38.8 Å². The summed E-state index contributed by atoms with van der Waals surface area (Å²) in [5, 5.41) is 15.4. The molecule has 1 atom stereocenters. The van der Waals surface area contributed by atoms with E-state index in [1.165, 1.54) is 13.5 Å². The summed E-state index contributed by atoms with van der Waals surface area (Å²) in [6.45, 7) is 7.28. The lowest BCUT2D eigenvalue weighted by Crippen LogP contribution is -2.32. The molecule has 0 saturated carbocycles. The number of aromatic hydroxyl groups is 1. The predicted molar refractivity (Wildman–Crippen MR) is 80.9 cm³/mol. The number of methoxy groups -OCH3 is 1. The van der Waals surface area contributed by atoms with Gasteiger partial charge in [0.1, 0.15) is 5.75 Å². The maximum atomic E-state index is 10.8. The van der Waals surface area contributed by atoms with Crippen molar-refractivity contribution in [3.8, 4) is 5.75 Å². The third kappa shape index (κ3) is 7.63. The van der Waals surface area contributed by atoms with Crippen LogP contribution >= 0.6 is 0 Å². The second kappa shape index (κ2) is 11.1. The first-order chi connectivity index (χ1) is 9.56. The van der Waals surface area contributed by atoms with E-state index in [4.69, 9.17) is 0 Å². The molecule has 0 aliphatic rings. The normalized spacial score (nSPS) is 11.0. The lowest BCUT2D eigenvalue weighted by Gasteiger charge is -2.15. The molecule has 0 aromatic heterocycles. The number of phenolic OH excluding ortho intramolecular Hbond substituents is 1. The molecular weight excluding hydrogens is 256 g/mol. The summed E-state index contributed by atoms with van der Waals surface area (Å²) in [4.78, 5) is 10.8. The monoisotopic (exact) mass is 282 g/mol. The van der Waals surface area contributed by atoms with Gasteiger partial charge < -0.3 is 20.5 Å². The SMILES string of the molecule is CCC.COC(=O)NCCNC(C)c1ccccc1O. The highest BCUT2D eigenvalue weighted by Gasteiger charge is 2.08. The highest BCUT2D eigenvalue weighted by Crippen LogP contribution is 2.22. The molecule has 3 N–H and O–H groups in total. The number of para-hydroxylation sites is 1. The van der Waals surface area contributed by atoms with Crippen LogP contribution in [0.15, 0.2) is 24.3 Å². The predicted octanol–water partition coefficient (Wildman–Crippen LogP) is 2.82. The molecule has 0 fully saturated rings. The van der Waals surface area contributed by atoms with Crippen molar-refractivity contribution in [2.24, 2.45) is 0 Å². The van der Waals surface area contributed by atoms with Crippen LogP contribution in [-0.2, 0) is 4.74 Å². The molecule has 0 spiro atoms. The molecule has 0 radical (unpaired) electrons. The minimum Gasteiger partial charge on any atom is -0.508 e. The van der Waals surface area contributed by atoms with Gasteiger partial charge >= 0.3 is 6.09 Å². The average Bonchev–Trinajstić information content (AvgIpc) is 2.44. The maximum absolute atomic E-state index is 10.8. The van der Waals surface area contributed by atoms with Crippen LogP contribution in [0.4, 0.5) is 4.79 Å². The van der Waals surface area contributed by atoms with Gasteiger partial charge in [-0.15, -0.1) is 0 Å². The van der Waals surface area contributed by atoms with Gasteiger partial charge in [0.15, 0.2) is 0 Å². The van der Waals surface area contributed by atoms with Gasteiger partial charge in [-0.3, -0.25) is 0 Å². The van der Waals surface area contributed by atoms with E-state index in [0.29, 0.717) is 13.1 Å². The van der Waals surface area contributed by atoms with Gasteiger partial charge in [-0.05, 0) is 13.0 Å². The number of ether oxygens (including phenoxy) is 1. The van der Waals surface area contributed by atoms with Crippen molar-refractivity contribution in [3.63, 3.8) is 0 Å². The fourth-order valence-electron chi connectivity index (χ4n) is 1.49. The van der Waals surface area contributed by atoms with Crippen molar-refractivity contribution in [2.45, 2.75) is 33.2 Å². The maximum Gasteiger partial charge on any atom is 0.406 e. The Bertz CT molecular complexity index is 383. The molecule has 0 aliphatic carbocycles. The minimum atomic E-state index is -0.443. The Kier molecular flexibility index (Phi) is 10.1. The van der Waals surface area contributed by atoms with Crippen LogP contribution in [0.2, 0.25) is 0 Å². The number of amides is 1. The Balaban J connectivity index is 0.00000110. The van der Waals surface area contributed by atoms with Crippen molar-refractivity contribution >= 4 is 6.09 Å². The van der Waals surface area contributed by atoms with Crippen LogP contribution in [0.5, 0.6) is 5.75 Å². The van der Waals surface area contributed by atoms with Crippen molar-refractivity contribution < 1.29 is 14.6 Å². The molecule has 5 heteroatoms. The molecular formula is C15H26N2O3. The zero-order valence-electron chi connectivity index (χ0n) is 12.8. The number of nitrogens with one attached hydrogen (secondary N) is 2. The van der Waals surface area contributed by atoms with Gasteiger partial charge in [0.05, 0.1) is 7.11 Å². The molecule has 114 valence electrons. The standard InChI is InChI=1S/C12H18N2O3.C3H8/c1-9(10-5-3-4-6-11(10)15)13-7-8-14-12(16)17-2;1-3-2/h3-6,9,13,15H,7-8H2,1-2H3,(H,14,16);3H2,1-2H3. The fraction of sp³-hybridized carbons (Fsp3) is 0.533. The third-order valence-corrected chi connectivity index (χ3v) is 2.43. The van der Waals surface area contributed by atoms with E-state index in [9.17, 15) is 9.90 Å². The number of hydrogen-bond acceptors (Lipinski definition) is 4. The quantitative estimate of drug-likeness (QED) is 0.726. The molecule has 5 nitrogen and oxygen atoms in total. The Morgan fingerprint density at radius 3 is 2.45 bits per heavy atom. The summed E-state index contributed by atoms with van der Waals surface area (Å²) in [7, 11) is 1.33. The first-order valence-electron chi connectivity index (χ1n) is 6.89. The molecule has 0 saturated heterocycles. The van der Waals surface area contributed by atoms with Crippen LogP contribution in [0.3, 0.4) is 0 Å². The number of alkyl carbamates (subject to hydrolysis) is 1. The van der Waals surface area contributed by atoms with Crippen molar-refractivity contribution in [1.29, 1.82) is 0 Å². The summed E-state index contributed by atoms with van der Waals surface area (Å²) in [6.07, 6.45) is 0.807. The number of carbonyl (C=O) groups excluding carboxylic acids is 1. The van der Waals surface area contributed by atoms with Gasteiger partial charge in [-0.25, -0.2) is 4.79 Å². The van der Waals surface area contributed by atoms with E-state index in [1.807, 2.05) is 19.1 Å². The molecule has 1 rings (SSSR count). The molecule has 0 aliphatic heterocycles. The molecule has 1 amide bonds. The van der Waals surface area contributed by atoms with Gasteiger partial charge in [0, 0.05) is 24.7 Å². The molecule has 0 bridgehead atoms. The smallest absolute Gasteiger partial charge is 0.406 e. The topological polar surface area (TPSA) is 70.6 Å². The van der Waals surface area contributed by atoms with E-state index >= 15 is 0 Å². The molecule has 20 heavy (non-hydrogen) atoms. The van der Waals surface area contributed by atoms with Crippen LogP contribution in [0.25, 0.3) is 0 Å². The van der Waals surface area contributed by atoms with Gasteiger partial charge in [-0.2, -0.15) is 0 Å². The van der Waals surface area contributed by atoms with Crippen LogP contribution in [-0.4, -0.2) is 31.4 Å². The number of benzene rings is 1.